The second-order valence-corrected chi connectivity index (χ2v) is 3.79. The Balaban J connectivity index is 0. The van der Waals surface area contributed by atoms with E-state index in [1.165, 1.54) is 12.7 Å². The van der Waals surface area contributed by atoms with Crippen molar-refractivity contribution in [2.45, 2.75) is 6.92 Å². The number of methoxy groups -OCH3 is 1. The average molecular weight is 305 g/mol. The van der Waals surface area contributed by atoms with Gasteiger partial charge in [-0.2, -0.15) is 0 Å². The highest BCUT2D eigenvalue weighted by Crippen LogP contribution is 1.97. The van der Waals surface area contributed by atoms with E-state index in [2.05, 4.69) is 29.8 Å². The second kappa shape index (κ2) is 14.7. The predicted molar refractivity (Wildman–Crippen MR) is 88.8 cm³/mol. The summed E-state index contributed by atoms with van der Waals surface area (Å²) in [6, 6.07) is 10.0. The van der Waals surface area contributed by atoms with E-state index in [-0.39, 0.29) is 18.6 Å². The Morgan fingerprint density at radius 2 is 1.82 bits per heavy atom. The van der Waals surface area contributed by atoms with Crippen LogP contribution in [-0.2, 0) is 14.3 Å². The molecule has 120 valence electrons. The number of carbonyl (C=O) groups excluding carboxylic acids is 2. The Bertz CT molecular complexity index is 479. The van der Waals surface area contributed by atoms with E-state index in [4.69, 9.17) is 5.11 Å². The average Bonchev–Trinajstić information content (AvgIpc) is 2.56. The first kappa shape index (κ1) is 21.6. The van der Waals surface area contributed by atoms with Crippen LogP contribution in [0.15, 0.2) is 61.7 Å². The van der Waals surface area contributed by atoms with Gasteiger partial charge in [-0.25, -0.2) is 4.79 Å². The van der Waals surface area contributed by atoms with Crippen LogP contribution >= 0.6 is 0 Å². The number of benzene rings is 1. The zero-order valence-corrected chi connectivity index (χ0v) is 13.0. The first-order chi connectivity index (χ1) is 10.4. The van der Waals surface area contributed by atoms with E-state index in [1.807, 2.05) is 36.4 Å². The van der Waals surface area contributed by atoms with E-state index < -0.39 is 0 Å². The molecule has 0 aliphatic heterocycles. The van der Waals surface area contributed by atoms with Gasteiger partial charge in [0.25, 0.3) is 0 Å². The molecule has 0 aromatic heterocycles. The lowest BCUT2D eigenvalue weighted by Crippen LogP contribution is -2.20. The molecule has 0 saturated heterocycles. The van der Waals surface area contributed by atoms with Gasteiger partial charge in [0, 0.05) is 5.57 Å². The third-order valence-corrected chi connectivity index (χ3v) is 2.01. The summed E-state index contributed by atoms with van der Waals surface area (Å²) < 4.78 is 4.27. The number of hydrogen-bond donors (Lipinski definition) is 2. The number of hydrogen-bond acceptors (Lipinski definition) is 4. The van der Waals surface area contributed by atoms with Crippen LogP contribution in [0, 0.1) is 0 Å². The first-order valence-corrected chi connectivity index (χ1v) is 6.35. The third kappa shape index (κ3) is 13.8. The predicted octanol–water partition coefficient (Wildman–Crippen LogP) is 2.30. The second-order valence-electron chi connectivity index (χ2n) is 3.79. The molecule has 0 bridgehead atoms. The van der Waals surface area contributed by atoms with E-state index in [1.54, 1.807) is 6.92 Å². The van der Waals surface area contributed by atoms with Crippen molar-refractivity contribution in [2.24, 2.45) is 0 Å². The van der Waals surface area contributed by atoms with Gasteiger partial charge in [-0.3, -0.25) is 4.79 Å². The normalized spacial score (nSPS) is 7.95. The van der Waals surface area contributed by atoms with Gasteiger partial charge >= 0.3 is 5.97 Å². The summed E-state index contributed by atoms with van der Waals surface area (Å²) in [4.78, 5) is 20.2. The Labute approximate surface area is 131 Å². The minimum absolute atomic E-state index is 0.329. The summed E-state index contributed by atoms with van der Waals surface area (Å²) >= 11 is 0. The van der Waals surface area contributed by atoms with Gasteiger partial charge in [0.05, 0.1) is 7.11 Å². The van der Waals surface area contributed by atoms with Crippen LogP contribution in [0.5, 0.6) is 0 Å². The summed E-state index contributed by atoms with van der Waals surface area (Å²) in [5.41, 5.74) is 1.61. The molecule has 1 aromatic rings. The van der Waals surface area contributed by atoms with Crippen molar-refractivity contribution < 1.29 is 19.4 Å². The number of amides is 1. The molecular formula is C17H23NO4. The molecule has 0 fully saturated rings. The van der Waals surface area contributed by atoms with Gasteiger partial charge in [-0.15, -0.1) is 0 Å². The fourth-order valence-electron chi connectivity index (χ4n) is 0.913. The van der Waals surface area contributed by atoms with Crippen molar-refractivity contribution in [3.63, 3.8) is 0 Å². The molecule has 1 amide bonds. The molecule has 5 heteroatoms. The molecule has 0 aliphatic carbocycles. The molecule has 22 heavy (non-hydrogen) atoms. The minimum Gasteiger partial charge on any atom is -0.466 e. The largest absolute Gasteiger partial charge is 0.466 e. The van der Waals surface area contributed by atoms with Gasteiger partial charge in [-0.05, 0) is 18.6 Å². The molecule has 0 radical (unpaired) electrons. The molecule has 2 N–H and O–H groups in total. The summed E-state index contributed by atoms with van der Waals surface area (Å²) in [5.74, 6) is -0.706. The maximum atomic E-state index is 10.2. The van der Waals surface area contributed by atoms with Crippen LogP contribution in [0.3, 0.4) is 0 Å². The number of aliphatic hydroxyl groups is 1. The summed E-state index contributed by atoms with van der Waals surface area (Å²) in [7, 11) is 1.33. The van der Waals surface area contributed by atoms with Crippen LogP contribution in [0.4, 0.5) is 0 Å². The Morgan fingerprint density at radius 3 is 2.00 bits per heavy atom. The monoisotopic (exact) mass is 305 g/mol. The maximum Gasteiger partial charge on any atom is 0.332 e. The van der Waals surface area contributed by atoms with Gasteiger partial charge in [0.1, 0.15) is 6.73 Å². The first-order valence-electron chi connectivity index (χ1n) is 6.35. The lowest BCUT2D eigenvalue weighted by molar-refractivity contribution is -0.136. The quantitative estimate of drug-likeness (QED) is 0.508. The van der Waals surface area contributed by atoms with Gasteiger partial charge in [0.2, 0.25) is 5.91 Å². The summed E-state index contributed by atoms with van der Waals surface area (Å²) in [6.07, 6.45) is 2.93. The summed E-state index contributed by atoms with van der Waals surface area (Å²) in [5, 5.41) is 10.1. The van der Waals surface area contributed by atoms with Crippen LogP contribution in [0.25, 0.3) is 6.08 Å². The van der Waals surface area contributed by atoms with E-state index >= 15 is 0 Å². The molecule has 0 heterocycles. The lowest BCUT2D eigenvalue weighted by atomic mass is 10.2. The van der Waals surface area contributed by atoms with Crippen molar-refractivity contribution in [3.8, 4) is 0 Å². The molecule has 1 aromatic carbocycles. The SMILES string of the molecule is C=C(C)C(=O)OC.C=CC(=O)NCO.C=Cc1ccccc1. The van der Waals surface area contributed by atoms with Gasteiger partial charge in [-0.1, -0.05) is 56.1 Å². The molecule has 1 rings (SSSR count). The van der Waals surface area contributed by atoms with E-state index in [0.717, 1.165) is 6.08 Å². The van der Waals surface area contributed by atoms with Crippen molar-refractivity contribution >= 4 is 18.0 Å². The van der Waals surface area contributed by atoms with Gasteiger partial charge < -0.3 is 15.2 Å². The molecule has 5 nitrogen and oxygen atoms in total. The number of rotatable bonds is 4. The standard InChI is InChI=1S/C8H8.C5H8O2.C4H7NO2/c1-2-8-6-4-3-5-7-8;1-4(2)5(6)7-3;1-2-4(7)5-3-6/h2-7H,1H2;1H2,2-3H3;2,6H,1,3H2,(H,5,7). The smallest absolute Gasteiger partial charge is 0.332 e. The number of nitrogens with one attached hydrogen (secondary N) is 1. The maximum absolute atomic E-state index is 10.2. The number of carbonyl (C=O) groups is 2. The molecule has 0 spiro atoms. The molecule has 0 unspecified atom stereocenters. The van der Waals surface area contributed by atoms with Crippen molar-refractivity contribution in [3.05, 3.63) is 67.3 Å². The highest BCUT2D eigenvalue weighted by Gasteiger charge is 1.95. The summed E-state index contributed by atoms with van der Waals surface area (Å²) in [6.45, 7) is 11.4. The highest BCUT2D eigenvalue weighted by molar-refractivity contribution is 5.87. The van der Waals surface area contributed by atoms with Crippen LogP contribution in [0.1, 0.15) is 12.5 Å². The van der Waals surface area contributed by atoms with Crippen molar-refractivity contribution in [1.82, 2.24) is 5.32 Å². The molecular weight excluding hydrogens is 282 g/mol. The third-order valence-electron chi connectivity index (χ3n) is 2.01. The zero-order valence-electron chi connectivity index (χ0n) is 13.0. The van der Waals surface area contributed by atoms with Crippen molar-refractivity contribution in [2.75, 3.05) is 13.8 Å². The minimum atomic E-state index is -0.359. The number of esters is 1. The topological polar surface area (TPSA) is 75.6 Å². The van der Waals surface area contributed by atoms with E-state index in [0.29, 0.717) is 5.57 Å². The van der Waals surface area contributed by atoms with Gasteiger partial charge in [0.15, 0.2) is 0 Å². The Kier molecular flexibility index (Phi) is 14.5. The molecule has 0 aliphatic rings. The van der Waals surface area contributed by atoms with Crippen LogP contribution in [0.2, 0.25) is 0 Å². The lowest BCUT2D eigenvalue weighted by Gasteiger charge is -1.91. The van der Waals surface area contributed by atoms with E-state index in [9.17, 15) is 9.59 Å². The Morgan fingerprint density at radius 1 is 1.27 bits per heavy atom. The highest BCUT2D eigenvalue weighted by atomic mass is 16.5. The van der Waals surface area contributed by atoms with Crippen molar-refractivity contribution in [1.29, 1.82) is 0 Å². The molecule has 0 saturated carbocycles. The van der Waals surface area contributed by atoms with Crippen LogP contribution < -0.4 is 5.32 Å². The number of ether oxygens (including phenoxy) is 1. The van der Waals surface area contributed by atoms with Crippen LogP contribution in [-0.4, -0.2) is 30.8 Å². The number of aliphatic hydroxyl groups excluding tert-OH is 1. The molecule has 0 atom stereocenters. The fraction of sp³-hybridized carbons (Fsp3) is 0.176. The zero-order chi connectivity index (χ0) is 17.4. The Hall–Kier alpha value is -2.66. The fourth-order valence-corrected chi connectivity index (χ4v) is 0.913.